The highest BCUT2D eigenvalue weighted by Crippen LogP contribution is 2.73. The molecule has 2 bridgehead atoms. The predicted octanol–water partition coefficient (Wildman–Crippen LogP) is -1.36. The van der Waals surface area contributed by atoms with E-state index in [2.05, 4.69) is 13.8 Å². The Balaban J connectivity index is 0.882. The number of epoxide rings is 1. The number of aliphatic hydroxyl groups is 10. The van der Waals surface area contributed by atoms with Crippen LogP contribution in [0.15, 0.2) is 0 Å². The number of hydrogen-bond acceptors (Lipinski definition) is 20. The summed E-state index contributed by atoms with van der Waals surface area (Å²) in [6.45, 7) is 11.0. The second kappa shape index (κ2) is 16.4. The Bertz CT molecular complexity index is 1760. The zero-order valence-electron chi connectivity index (χ0n) is 37.5. The summed E-state index contributed by atoms with van der Waals surface area (Å²) >= 11 is 0.896. The van der Waals surface area contributed by atoms with Gasteiger partial charge in [0.2, 0.25) is 11.2 Å². The molecular weight excluding hydrogens is 865 g/mol. The van der Waals surface area contributed by atoms with Gasteiger partial charge >= 0.3 is 5.97 Å². The number of aliphatic hydroxyl groups excluding tert-OH is 9. The maximum absolute atomic E-state index is 12.8. The van der Waals surface area contributed by atoms with E-state index in [1.807, 2.05) is 27.7 Å². The molecule has 9 aliphatic rings. The highest BCUT2D eigenvalue weighted by atomic mass is 32.2. The molecule has 366 valence electrons. The molecule has 0 unspecified atom stereocenters. The number of rotatable bonds is 10. The Kier molecular flexibility index (Phi) is 12.4. The molecular formula is C44H70O19S. The van der Waals surface area contributed by atoms with Gasteiger partial charge < -0.3 is 89.0 Å². The summed E-state index contributed by atoms with van der Waals surface area (Å²) in [7, 11) is 0. The van der Waals surface area contributed by atoms with Crippen molar-refractivity contribution < 1.29 is 93.8 Å². The Morgan fingerprint density at radius 3 is 2.14 bits per heavy atom. The Morgan fingerprint density at radius 1 is 0.812 bits per heavy atom. The average molecular weight is 935 g/mol. The van der Waals surface area contributed by atoms with Gasteiger partial charge in [0.1, 0.15) is 66.1 Å². The molecule has 20 heteroatoms. The lowest BCUT2D eigenvalue weighted by atomic mass is 9.42. The Labute approximate surface area is 377 Å². The molecule has 4 saturated carbocycles. The van der Waals surface area contributed by atoms with Gasteiger partial charge in [-0.3, -0.25) is 4.79 Å². The van der Waals surface area contributed by atoms with Crippen LogP contribution in [0.2, 0.25) is 0 Å². The van der Waals surface area contributed by atoms with Gasteiger partial charge in [-0.25, -0.2) is 0 Å². The second-order valence-corrected chi connectivity index (χ2v) is 22.5. The minimum Gasteiger partial charge on any atom is -0.394 e. The largest absolute Gasteiger partial charge is 0.394 e. The SMILES string of the molecule is CSC(=O)[C@H](O)[C@@]12O[C@H]([C@@H](C)[C@@H]3CC[C@@H]4[C@H]5[C@@H]6O[C@@H]6[C@@]6(O)C[C@@H](O[C@@H]7O[C@@H](CO[C@H]8O[C@H](CO)[C@@H](O)[C@H](O)[C@@H]8O)[C@H](O)[C@@H](O)[C@H]7O)C[C@H](O)[C@]6(C)[C@H]5CC[C@@]43C)C[C@@](C)(O1)C(C)(C)O2. The third kappa shape index (κ3) is 7.01. The molecule has 26 atom stereocenters. The van der Waals surface area contributed by atoms with Crippen LogP contribution in [0.3, 0.4) is 0 Å². The van der Waals surface area contributed by atoms with Crippen molar-refractivity contribution in [2.45, 2.75) is 207 Å². The molecule has 19 nitrogen and oxygen atoms in total. The molecule has 4 aliphatic carbocycles. The lowest BCUT2D eigenvalue weighted by Crippen LogP contribution is -2.71. The van der Waals surface area contributed by atoms with Gasteiger partial charge in [0, 0.05) is 24.7 Å². The molecule has 64 heavy (non-hydrogen) atoms. The van der Waals surface area contributed by atoms with Crippen molar-refractivity contribution in [2.24, 2.45) is 40.4 Å². The van der Waals surface area contributed by atoms with E-state index in [1.54, 1.807) is 6.26 Å². The molecule has 0 aromatic heterocycles. The summed E-state index contributed by atoms with van der Waals surface area (Å²) in [6, 6.07) is 0. The summed E-state index contributed by atoms with van der Waals surface area (Å²) < 4.78 is 48.9. The van der Waals surface area contributed by atoms with Crippen molar-refractivity contribution in [1.29, 1.82) is 0 Å². The van der Waals surface area contributed by atoms with E-state index in [-0.39, 0.29) is 60.1 Å². The fraction of sp³-hybridized carbons (Fsp3) is 0.977. The number of ether oxygens (including phenoxy) is 8. The molecule has 5 heterocycles. The molecule has 9 fully saturated rings. The van der Waals surface area contributed by atoms with Gasteiger partial charge in [0.05, 0.1) is 43.2 Å². The van der Waals surface area contributed by atoms with Crippen LogP contribution in [0.25, 0.3) is 0 Å². The van der Waals surface area contributed by atoms with E-state index in [4.69, 9.17) is 37.9 Å². The third-order valence-electron chi connectivity index (χ3n) is 18.4. The molecule has 9 rings (SSSR count). The summed E-state index contributed by atoms with van der Waals surface area (Å²) in [6.07, 6.45) is -15.0. The molecule has 0 amide bonds. The van der Waals surface area contributed by atoms with Crippen LogP contribution in [0.1, 0.15) is 86.5 Å². The first kappa shape index (κ1) is 48.3. The first-order chi connectivity index (χ1) is 29.9. The zero-order chi connectivity index (χ0) is 46.4. The molecule has 0 aromatic carbocycles. The number of hydrogen-bond donors (Lipinski definition) is 10. The summed E-state index contributed by atoms with van der Waals surface area (Å²) in [5, 5.41) is 109. The Hall–Kier alpha value is -0.700. The van der Waals surface area contributed by atoms with Crippen molar-refractivity contribution in [3.05, 3.63) is 0 Å². The van der Waals surface area contributed by atoms with Crippen molar-refractivity contribution in [3.63, 3.8) is 0 Å². The van der Waals surface area contributed by atoms with Crippen LogP contribution in [0.5, 0.6) is 0 Å². The van der Waals surface area contributed by atoms with E-state index in [1.165, 1.54) is 0 Å². The lowest BCUT2D eigenvalue weighted by molar-refractivity contribution is -0.417. The first-order valence-electron chi connectivity index (χ1n) is 23.1. The number of carbonyl (C=O) groups excluding carboxylic acids is 1. The number of fused-ring (bicyclic) bond motifs is 10. The molecule has 0 radical (unpaired) electrons. The smallest absolute Gasteiger partial charge is 0.320 e. The fourth-order valence-electron chi connectivity index (χ4n) is 14.2. The third-order valence-corrected chi connectivity index (χ3v) is 19.0. The van der Waals surface area contributed by atoms with E-state index < -0.39 is 132 Å². The zero-order valence-corrected chi connectivity index (χ0v) is 38.4. The maximum atomic E-state index is 12.8. The summed E-state index contributed by atoms with van der Waals surface area (Å²) in [5.41, 5.74) is -4.33. The highest BCUT2D eigenvalue weighted by molar-refractivity contribution is 8.13. The second-order valence-electron chi connectivity index (χ2n) is 21.7. The quantitative estimate of drug-likeness (QED) is 0.0894. The van der Waals surface area contributed by atoms with Gasteiger partial charge in [-0.15, -0.1) is 0 Å². The van der Waals surface area contributed by atoms with Crippen LogP contribution in [0, 0.1) is 40.4 Å². The minimum atomic E-state index is -1.92. The summed E-state index contributed by atoms with van der Waals surface area (Å²) in [4.78, 5) is 12.8. The molecule has 0 aromatic rings. The van der Waals surface area contributed by atoms with E-state index in [0.717, 1.165) is 37.4 Å². The van der Waals surface area contributed by atoms with Crippen LogP contribution in [0.4, 0.5) is 0 Å². The maximum Gasteiger partial charge on any atom is 0.320 e. The monoisotopic (exact) mass is 934 g/mol. The molecule has 5 aliphatic heterocycles. The normalized spacial score (nSPS) is 57.2. The first-order valence-corrected chi connectivity index (χ1v) is 24.3. The van der Waals surface area contributed by atoms with Gasteiger partial charge in [0.25, 0.3) is 0 Å². The number of thioether (sulfide) groups is 1. The molecule has 5 saturated heterocycles. The van der Waals surface area contributed by atoms with Crippen molar-refractivity contribution >= 4 is 16.9 Å². The van der Waals surface area contributed by atoms with Crippen LogP contribution >= 0.6 is 11.8 Å². The van der Waals surface area contributed by atoms with E-state index in [0.29, 0.717) is 6.42 Å². The fourth-order valence-corrected chi connectivity index (χ4v) is 14.6. The van der Waals surface area contributed by atoms with Crippen molar-refractivity contribution in [2.75, 3.05) is 19.5 Å². The standard InChI is InChI=1S/C44H70O19S/c1-17(22-14-41(5)39(2,3)62-44(61-22,63-41)34(53)36(54)64-7)19-8-9-20-26-21(10-11-40(19,20)4)42(6)25(46)12-18(13-43(42,55)35-33(26)60-35)57-38-32(52)30(50)28(48)24(59-38)16-56-37-31(51)29(49)27(47)23(15-45)58-37/h17-35,37-38,45-53,55H,8-16H2,1-7H3/t17-,18-,19-,20+,21-,22-,23+,24-,25-,26+,27+,28-,29-,30+,31-,32+,33-,34-,35-,37-,38+,40+,41+,42-,43-,44-/m0/s1. The van der Waals surface area contributed by atoms with Crippen LogP contribution in [-0.4, -0.2) is 196 Å². The highest BCUT2D eigenvalue weighted by Gasteiger charge is 2.79. The van der Waals surface area contributed by atoms with Crippen molar-refractivity contribution in [1.82, 2.24) is 0 Å². The minimum absolute atomic E-state index is 0.00399. The molecule has 10 N–H and O–H groups in total. The predicted molar refractivity (Wildman–Crippen MR) is 219 cm³/mol. The lowest BCUT2D eigenvalue weighted by Gasteiger charge is -2.64. The van der Waals surface area contributed by atoms with Gasteiger partial charge in [-0.2, -0.15) is 0 Å². The van der Waals surface area contributed by atoms with E-state index >= 15 is 0 Å². The van der Waals surface area contributed by atoms with Gasteiger partial charge in [-0.1, -0.05) is 32.5 Å². The topological polar surface area (TPSA) is 297 Å². The Morgan fingerprint density at radius 2 is 1.47 bits per heavy atom. The summed E-state index contributed by atoms with van der Waals surface area (Å²) in [5.74, 6) is -1.53. The van der Waals surface area contributed by atoms with Gasteiger partial charge in [-0.05, 0) is 87.7 Å². The van der Waals surface area contributed by atoms with Crippen LogP contribution in [-0.2, 0) is 42.7 Å². The van der Waals surface area contributed by atoms with Gasteiger partial charge in [0.15, 0.2) is 12.6 Å². The van der Waals surface area contributed by atoms with E-state index in [9.17, 15) is 55.9 Å². The van der Waals surface area contributed by atoms with Crippen molar-refractivity contribution in [3.8, 4) is 0 Å². The number of carbonyl (C=O) groups is 1. The van der Waals surface area contributed by atoms with Crippen LogP contribution < -0.4 is 0 Å². The average Bonchev–Trinajstić information content (AvgIpc) is 3.95. The molecule has 0 spiro atoms.